The minimum absolute atomic E-state index is 0.0619. The number of nitrogens with two attached hydrogens (primary N) is 1. The Morgan fingerprint density at radius 2 is 2.24 bits per heavy atom. The first-order valence-corrected chi connectivity index (χ1v) is 5.50. The van der Waals surface area contributed by atoms with E-state index in [2.05, 4.69) is 0 Å². The lowest BCUT2D eigenvalue weighted by Crippen LogP contribution is -2.15. The monoisotopic (exact) mass is 254 g/mol. The number of nitrogens with zero attached hydrogens (tertiary/aromatic N) is 1. The molecule has 0 aliphatic heterocycles. The summed E-state index contributed by atoms with van der Waals surface area (Å²) < 4.78 is 0. The van der Waals surface area contributed by atoms with E-state index >= 15 is 0 Å². The number of likely N-dealkylation sites (N-methyl/N-ethyl adjacent to an activating group) is 1. The van der Waals surface area contributed by atoms with E-state index in [9.17, 15) is 4.79 Å². The molecule has 4 nitrogen and oxygen atoms in total. The summed E-state index contributed by atoms with van der Waals surface area (Å²) in [6.45, 7) is 0.569. The maximum absolute atomic E-state index is 10.9. The average Bonchev–Trinajstić information content (AvgIpc) is 2.31. The van der Waals surface area contributed by atoms with Gasteiger partial charge >= 0.3 is 0 Å². The van der Waals surface area contributed by atoms with E-state index < -0.39 is 0 Å². The van der Waals surface area contributed by atoms with Gasteiger partial charge in [-0.3, -0.25) is 4.79 Å². The third-order valence-electron chi connectivity index (χ3n) is 2.34. The van der Waals surface area contributed by atoms with Crippen LogP contribution in [0.3, 0.4) is 0 Å². The molecule has 5 heteroatoms. The van der Waals surface area contributed by atoms with Crippen LogP contribution in [0.5, 0.6) is 0 Å². The van der Waals surface area contributed by atoms with Gasteiger partial charge in [-0.2, -0.15) is 0 Å². The van der Waals surface area contributed by atoms with Gasteiger partial charge in [0.05, 0.1) is 17.3 Å². The van der Waals surface area contributed by atoms with Crippen molar-refractivity contribution in [3.05, 3.63) is 34.5 Å². The lowest BCUT2D eigenvalue weighted by Gasteiger charge is -2.12. The van der Waals surface area contributed by atoms with Crippen molar-refractivity contribution in [1.82, 2.24) is 4.90 Å². The van der Waals surface area contributed by atoms with Crippen molar-refractivity contribution >= 4 is 29.7 Å². The van der Waals surface area contributed by atoms with Gasteiger partial charge in [-0.05, 0) is 24.4 Å². The summed E-state index contributed by atoms with van der Waals surface area (Å²) in [5.74, 6) is 0. The minimum atomic E-state index is 0.0619. The molecule has 1 rings (SSSR count). The number of benzene rings is 1. The summed E-state index contributed by atoms with van der Waals surface area (Å²) in [6.07, 6.45) is 4.18. The van der Waals surface area contributed by atoms with Crippen molar-refractivity contribution in [1.29, 1.82) is 0 Å². The first-order chi connectivity index (χ1) is 8.10. The number of hydrogen-bond acceptors (Lipinski definition) is 4. The van der Waals surface area contributed by atoms with Crippen LogP contribution in [-0.4, -0.2) is 36.5 Å². The van der Waals surface area contributed by atoms with Crippen molar-refractivity contribution in [2.45, 2.75) is 0 Å². The molecule has 92 valence electrons. The predicted molar refractivity (Wildman–Crippen MR) is 70.0 cm³/mol. The fourth-order valence-electron chi connectivity index (χ4n) is 1.35. The smallest absolute Gasteiger partial charge is 0.150 e. The van der Waals surface area contributed by atoms with Gasteiger partial charge in [-0.1, -0.05) is 11.6 Å². The summed E-state index contributed by atoms with van der Waals surface area (Å²) in [7, 11) is 1.81. The normalized spacial score (nSPS) is 10.8. The third kappa shape index (κ3) is 3.47. The molecular formula is C12H15ClN2O2. The molecule has 0 saturated heterocycles. The Kier molecular flexibility index (Phi) is 5.00. The summed E-state index contributed by atoms with van der Waals surface area (Å²) in [5, 5.41) is 9.17. The predicted octanol–water partition coefficient (Wildman–Crippen LogP) is 1.63. The fraction of sp³-hybridized carbons (Fsp3) is 0.250. The molecule has 0 saturated carbocycles. The van der Waals surface area contributed by atoms with Crippen LogP contribution < -0.4 is 5.73 Å². The van der Waals surface area contributed by atoms with E-state index in [0.29, 0.717) is 28.4 Å². The highest BCUT2D eigenvalue weighted by Crippen LogP contribution is 2.26. The molecule has 0 unspecified atom stereocenters. The van der Waals surface area contributed by atoms with Gasteiger partial charge in [0.15, 0.2) is 6.29 Å². The van der Waals surface area contributed by atoms with Crippen molar-refractivity contribution in [2.75, 3.05) is 25.9 Å². The minimum Gasteiger partial charge on any atom is -0.397 e. The number of halogens is 1. The maximum Gasteiger partial charge on any atom is 0.150 e. The Labute approximate surface area is 105 Å². The van der Waals surface area contributed by atoms with Crippen molar-refractivity contribution < 1.29 is 9.90 Å². The van der Waals surface area contributed by atoms with Crippen LogP contribution in [0.15, 0.2) is 18.3 Å². The number of rotatable bonds is 5. The van der Waals surface area contributed by atoms with Crippen LogP contribution in [-0.2, 0) is 0 Å². The van der Waals surface area contributed by atoms with Gasteiger partial charge in [0.2, 0.25) is 0 Å². The molecule has 0 amide bonds. The van der Waals surface area contributed by atoms with E-state index in [1.807, 2.05) is 7.05 Å². The number of carbonyl (C=O) groups is 1. The molecule has 0 radical (unpaired) electrons. The van der Waals surface area contributed by atoms with E-state index in [1.54, 1.807) is 29.3 Å². The number of carbonyl (C=O) groups excluding carboxylic acids is 1. The molecule has 3 N–H and O–H groups in total. The van der Waals surface area contributed by atoms with Gasteiger partial charge in [-0.15, -0.1) is 0 Å². The molecule has 0 heterocycles. The van der Waals surface area contributed by atoms with Gasteiger partial charge < -0.3 is 15.7 Å². The number of aliphatic hydroxyl groups is 1. The van der Waals surface area contributed by atoms with Crippen molar-refractivity contribution in [2.24, 2.45) is 0 Å². The van der Waals surface area contributed by atoms with Crippen molar-refractivity contribution in [3.8, 4) is 0 Å². The van der Waals surface area contributed by atoms with Crippen LogP contribution in [0, 0.1) is 0 Å². The average molecular weight is 255 g/mol. The van der Waals surface area contributed by atoms with Crippen LogP contribution in [0.2, 0.25) is 5.02 Å². The molecule has 0 bridgehead atoms. The van der Waals surface area contributed by atoms with Crippen LogP contribution in [0.25, 0.3) is 6.08 Å². The zero-order valence-electron chi connectivity index (χ0n) is 9.56. The first kappa shape index (κ1) is 13.5. The summed E-state index contributed by atoms with van der Waals surface area (Å²) >= 11 is 5.89. The van der Waals surface area contributed by atoms with E-state index in [1.165, 1.54) is 0 Å². The first-order valence-electron chi connectivity index (χ1n) is 5.12. The molecule has 0 atom stereocenters. The summed E-state index contributed by atoms with van der Waals surface area (Å²) in [6, 6.07) is 3.22. The van der Waals surface area contributed by atoms with Crippen LogP contribution >= 0.6 is 11.6 Å². The quantitative estimate of drug-likeness (QED) is 0.619. The van der Waals surface area contributed by atoms with Gasteiger partial charge in [0.1, 0.15) is 0 Å². The number of aliphatic hydroxyl groups excluding tert-OH is 1. The van der Waals surface area contributed by atoms with Crippen molar-refractivity contribution in [3.63, 3.8) is 0 Å². The molecule has 17 heavy (non-hydrogen) atoms. The Balaban J connectivity index is 3.04. The molecule has 0 aromatic heterocycles. The molecule has 0 spiro atoms. The Bertz CT molecular complexity index is 433. The fourth-order valence-corrected chi connectivity index (χ4v) is 1.51. The molecule has 1 aromatic carbocycles. The Morgan fingerprint density at radius 3 is 2.82 bits per heavy atom. The lowest BCUT2D eigenvalue weighted by molar-refractivity contribution is 0.112. The molecule has 1 aromatic rings. The number of anilines is 1. The maximum atomic E-state index is 10.9. The largest absolute Gasteiger partial charge is 0.397 e. The highest BCUT2D eigenvalue weighted by atomic mass is 35.5. The Hall–Kier alpha value is -1.52. The second-order valence-corrected chi connectivity index (χ2v) is 4.01. The molecular weight excluding hydrogens is 240 g/mol. The molecule has 0 aliphatic carbocycles. The lowest BCUT2D eigenvalue weighted by atomic mass is 10.1. The zero-order valence-corrected chi connectivity index (χ0v) is 10.3. The van der Waals surface area contributed by atoms with Crippen LogP contribution in [0.4, 0.5) is 5.69 Å². The van der Waals surface area contributed by atoms with Gasteiger partial charge in [-0.25, -0.2) is 0 Å². The van der Waals surface area contributed by atoms with E-state index in [4.69, 9.17) is 22.4 Å². The zero-order chi connectivity index (χ0) is 12.8. The second-order valence-electron chi connectivity index (χ2n) is 3.60. The van der Waals surface area contributed by atoms with Gasteiger partial charge in [0.25, 0.3) is 0 Å². The standard InChI is InChI=1S/C12H15ClN2O2/c1-15(6-7-16)5-4-10-9(8-17)2-3-11(13)12(10)14/h2-5,8,16H,6-7,14H2,1H3/b5-4-. The third-order valence-corrected chi connectivity index (χ3v) is 2.67. The number of hydrogen-bond donors (Lipinski definition) is 2. The number of aldehydes is 1. The SMILES string of the molecule is CN(/C=C\c1c(C=O)ccc(Cl)c1N)CCO. The molecule has 0 aliphatic rings. The second kappa shape index (κ2) is 6.27. The van der Waals surface area contributed by atoms with Gasteiger partial charge in [0, 0.05) is 24.7 Å². The summed E-state index contributed by atoms with van der Waals surface area (Å²) in [4.78, 5) is 12.7. The topological polar surface area (TPSA) is 66.6 Å². The highest BCUT2D eigenvalue weighted by Gasteiger charge is 2.06. The van der Waals surface area contributed by atoms with Crippen LogP contribution in [0.1, 0.15) is 15.9 Å². The highest BCUT2D eigenvalue weighted by molar-refractivity contribution is 6.33. The Morgan fingerprint density at radius 1 is 1.53 bits per heavy atom. The van der Waals surface area contributed by atoms with E-state index in [0.717, 1.165) is 6.29 Å². The molecule has 0 fully saturated rings. The number of nitrogen functional groups attached to an aromatic ring is 1. The van der Waals surface area contributed by atoms with E-state index in [-0.39, 0.29) is 6.61 Å². The summed E-state index contributed by atoms with van der Waals surface area (Å²) in [5.41, 5.74) is 7.27.